The average Bonchev–Trinajstić information content (AvgIpc) is 2.19. The van der Waals surface area contributed by atoms with Crippen molar-refractivity contribution in [2.75, 3.05) is 19.6 Å². The van der Waals surface area contributed by atoms with Gasteiger partial charge in [-0.15, -0.1) is 0 Å². The summed E-state index contributed by atoms with van der Waals surface area (Å²) in [5.41, 5.74) is 5.17. The second kappa shape index (κ2) is 4.81. The fraction of sp³-hybridized carbons (Fsp3) is 1.00. The first-order valence-corrected chi connectivity index (χ1v) is 6.19. The first-order chi connectivity index (χ1) is 6.95. The highest BCUT2D eigenvalue weighted by molar-refractivity contribution is 5.02. The number of aliphatic hydroxyl groups is 1. The number of rotatable bonds is 4. The van der Waals surface area contributed by atoms with Crippen LogP contribution in [-0.2, 0) is 0 Å². The Bertz CT molecular complexity index is 196. The van der Waals surface area contributed by atoms with Crippen LogP contribution in [0, 0.1) is 0 Å². The van der Waals surface area contributed by atoms with Gasteiger partial charge in [0.2, 0.25) is 0 Å². The third-order valence-electron chi connectivity index (χ3n) is 3.96. The maximum Gasteiger partial charge on any atom is 0.0847 e. The highest BCUT2D eigenvalue weighted by atomic mass is 16.3. The van der Waals surface area contributed by atoms with E-state index in [0.717, 1.165) is 45.3 Å². The lowest BCUT2D eigenvalue weighted by Gasteiger charge is -2.47. The standard InChI is InChI=1S/C12H26N2O/c1-4-6-11(3,13)12(15)7-9-14(5-2)10-8-12/h15H,4-10,13H2,1-3H3. The predicted octanol–water partition coefficient (Wildman–Crippen LogP) is 1.35. The summed E-state index contributed by atoms with van der Waals surface area (Å²) in [5, 5.41) is 10.6. The van der Waals surface area contributed by atoms with Crippen LogP contribution in [0.4, 0.5) is 0 Å². The highest BCUT2D eigenvalue weighted by Gasteiger charge is 2.44. The maximum atomic E-state index is 10.6. The molecule has 0 radical (unpaired) electrons. The topological polar surface area (TPSA) is 49.5 Å². The van der Waals surface area contributed by atoms with Crippen LogP contribution in [0.15, 0.2) is 0 Å². The van der Waals surface area contributed by atoms with Crippen molar-refractivity contribution >= 4 is 0 Å². The molecule has 0 aromatic carbocycles. The van der Waals surface area contributed by atoms with Crippen molar-refractivity contribution in [1.82, 2.24) is 4.90 Å². The van der Waals surface area contributed by atoms with Gasteiger partial charge in [-0.3, -0.25) is 0 Å². The van der Waals surface area contributed by atoms with Crippen LogP contribution in [0.1, 0.15) is 46.5 Å². The number of hydrogen-bond acceptors (Lipinski definition) is 3. The third kappa shape index (κ3) is 2.71. The van der Waals surface area contributed by atoms with Gasteiger partial charge in [0.25, 0.3) is 0 Å². The van der Waals surface area contributed by atoms with E-state index in [1.54, 1.807) is 0 Å². The van der Waals surface area contributed by atoms with Crippen molar-refractivity contribution in [2.45, 2.75) is 57.6 Å². The predicted molar refractivity (Wildman–Crippen MR) is 63.8 cm³/mol. The van der Waals surface area contributed by atoms with E-state index < -0.39 is 11.1 Å². The first-order valence-electron chi connectivity index (χ1n) is 6.19. The lowest BCUT2D eigenvalue weighted by Crippen LogP contribution is -2.62. The molecule has 0 aliphatic carbocycles. The van der Waals surface area contributed by atoms with Gasteiger partial charge >= 0.3 is 0 Å². The van der Waals surface area contributed by atoms with E-state index in [-0.39, 0.29) is 0 Å². The van der Waals surface area contributed by atoms with Crippen molar-refractivity contribution in [3.63, 3.8) is 0 Å². The quantitative estimate of drug-likeness (QED) is 0.743. The second-order valence-corrected chi connectivity index (χ2v) is 5.13. The van der Waals surface area contributed by atoms with E-state index in [1.165, 1.54) is 0 Å². The molecule has 0 aromatic heterocycles. The van der Waals surface area contributed by atoms with Crippen molar-refractivity contribution in [2.24, 2.45) is 5.73 Å². The Hall–Kier alpha value is -0.120. The molecule has 1 atom stereocenters. The monoisotopic (exact) mass is 214 g/mol. The second-order valence-electron chi connectivity index (χ2n) is 5.13. The zero-order chi connectivity index (χ0) is 11.5. The van der Waals surface area contributed by atoms with Crippen molar-refractivity contribution in [1.29, 1.82) is 0 Å². The SMILES string of the molecule is CCCC(C)(N)C1(O)CCN(CC)CC1. The van der Waals surface area contributed by atoms with Gasteiger partial charge in [0.05, 0.1) is 5.60 Å². The molecule has 0 aromatic rings. The number of nitrogens with two attached hydrogens (primary N) is 1. The smallest absolute Gasteiger partial charge is 0.0847 e. The Morgan fingerprint density at radius 1 is 1.33 bits per heavy atom. The molecule has 1 aliphatic heterocycles. The molecule has 0 saturated carbocycles. The molecule has 15 heavy (non-hydrogen) atoms. The van der Waals surface area contributed by atoms with Gasteiger partial charge < -0.3 is 15.7 Å². The molecule has 3 nitrogen and oxygen atoms in total. The minimum Gasteiger partial charge on any atom is -0.388 e. The van der Waals surface area contributed by atoms with E-state index in [0.29, 0.717) is 0 Å². The average molecular weight is 214 g/mol. The summed E-state index contributed by atoms with van der Waals surface area (Å²) in [4.78, 5) is 2.37. The Morgan fingerprint density at radius 2 is 1.87 bits per heavy atom. The molecule has 1 unspecified atom stereocenters. The lowest BCUT2D eigenvalue weighted by molar-refractivity contribution is -0.0767. The lowest BCUT2D eigenvalue weighted by atomic mass is 9.73. The van der Waals surface area contributed by atoms with E-state index in [9.17, 15) is 5.11 Å². The van der Waals surface area contributed by atoms with Gasteiger partial charge in [0.1, 0.15) is 0 Å². The van der Waals surface area contributed by atoms with Crippen LogP contribution in [-0.4, -0.2) is 40.8 Å². The summed E-state index contributed by atoms with van der Waals surface area (Å²) in [6, 6.07) is 0. The molecular weight excluding hydrogens is 188 g/mol. The molecule has 1 fully saturated rings. The summed E-state index contributed by atoms with van der Waals surface area (Å²) in [6.45, 7) is 9.31. The highest BCUT2D eigenvalue weighted by Crippen LogP contribution is 2.34. The van der Waals surface area contributed by atoms with E-state index >= 15 is 0 Å². The van der Waals surface area contributed by atoms with Gasteiger partial charge in [-0.05, 0) is 32.7 Å². The fourth-order valence-electron chi connectivity index (χ4n) is 2.56. The van der Waals surface area contributed by atoms with Crippen molar-refractivity contribution < 1.29 is 5.11 Å². The molecule has 3 N–H and O–H groups in total. The molecule has 3 heteroatoms. The van der Waals surface area contributed by atoms with Crippen molar-refractivity contribution in [3.05, 3.63) is 0 Å². The molecule has 90 valence electrons. The Labute approximate surface area is 93.6 Å². The Balaban J connectivity index is 2.60. The number of piperidine rings is 1. The normalized spacial score (nSPS) is 26.2. The van der Waals surface area contributed by atoms with E-state index in [4.69, 9.17) is 5.73 Å². The summed E-state index contributed by atoms with van der Waals surface area (Å²) in [5.74, 6) is 0. The molecular formula is C12H26N2O. The number of hydrogen-bond donors (Lipinski definition) is 2. The maximum absolute atomic E-state index is 10.6. The summed E-state index contributed by atoms with van der Waals surface area (Å²) in [7, 11) is 0. The van der Waals surface area contributed by atoms with Gasteiger partial charge in [-0.2, -0.15) is 0 Å². The van der Waals surface area contributed by atoms with E-state index in [2.05, 4.69) is 18.7 Å². The van der Waals surface area contributed by atoms with Crippen LogP contribution in [0.25, 0.3) is 0 Å². The molecule has 1 aliphatic rings. The van der Waals surface area contributed by atoms with Crippen LogP contribution >= 0.6 is 0 Å². The van der Waals surface area contributed by atoms with Crippen molar-refractivity contribution in [3.8, 4) is 0 Å². The molecule has 1 saturated heterocycles. The zero-order valence-corrected chi connectivity index (χ0v) is 10.4. The summed E-state index contributed by atoms with van der Waals surface area (Å²) in [6.07, 6.45) is 3.56. The van der Waals surface area contributed by atoms with Crippen LogP contribution in [0.2, 0.25) is 0 Å². The van der Waals surface area contributed by atoms with E-state index in [1.807, 2.05) is 6.92 Å². The number of likely N-dealkylation sites (tertiary alicyclic amines) is 1. The molecule has 0 bridgehead atoms. The van der Waals surface area contributed by atoms with Gasteiger partial charge in [0, 0.05) is 18.6 Å². The van der Waals surface area contributed by atoms with Crippen LogP contribution in [0.5, 0.6) is 0 Å². The van der Waals surface area contributed by atoms with Crippen LogP contribution in [0.3, 0.4) is 0 Å². The van der Waals surface area contributed by atoms with Gasteiger partial charge in [0.15, 0.2) is 0 Å². The summed E-state index contributed by atoms with van der Waals surface area (Å²) >= 11 is 0. The molecule has 0 amide bonds. The van der Waals surface area contributed by atoms with Gasteiger partial charge in [-0.25, -0.2) is 0 Å². The molecule has 0 spiro atoms. The minimum atomic E-state index is -0.658. The fourth-order valence-corrected chi connectivity index (χ4v) is 2.56. The Morgan fingerprint density at radius 3 is 2.27 bits per heavy atom. The first kappa shape index (κ1) is 12.9. The zero-order valence-electron chi connectivity index (χ0n) is 10.4. The minimum absolute atomic E-state index is 0.429. The van der Waals surface area contributed by atoms with Crippen LogP contribution < -0.4 is 5.73 Å². The van der Waals surface area contributed by atoms with Gasteiger partial charge in [-0.1, -0.05) is 20.3 Å². The Kier molecular flexibility index (Phi) is 4.15. The number of nitrogens with zero attached hydrogens (tertiary/aromatic N) is 1. The summed E-state index contributed by atoms with van der Waals surface area (Å²) < 4.78 is 0. The third-order valence-corrected chi connectivity index (χ3v) is 3.96. The largest absolute Gasteiger partial charge is 0.388 e. The molecule has 1 rings (SSSR count). The molecule has 1 heterocycles.